The van der Waals surface area contributed by atoms with Gasteiger partial charge in [-0.05, 0) is 32.4 Å². The fourth-order valence-corrected chi connectivity index (χ4v) is 1.44. The summed E-state index contributed by atoms with van der Waals surface area (Å²) in [5.41, 5.74) is -0.0975. The number of aliphatic carboxylic acids is 1. The first-order valence-corrected chi connectivity index (χ1v) is 5.36. The number of anilines is 1. The zero-order valence-corrected chi connectivity index (χ0v) is 10.5. The zero-order valence-electron chi connectivity index (χ0n) is 10.5. The molecule has 1 heterocycles. The Morgan fingerprint density at radius 3 is 2.72 bits per heavy atom. The van der Waals surface area contributed by atoms with Crippen molar-refractivity contribution < 1.29 is 15.0 Å². The number of aliphatic hydroxyl groups is 1. The van der Waals surface area contributed by atoms with Crippen LogP contribution >= 0.6 is 0 Å². The minimum absolute atomic E-state index is 0.229. The SMILES string of the molecule is Cc1cc(C)c(C#N)c(NCC(C)(O)C(=O)O)n1. The number of hydrogen-bond donors (Lipinski definition) is 3. The molecule has 0 saturated heterocycles. The highest BCUT2D eigenvalue weighted by atomic mass is 16.4. The van der Waals surface area contributed by atoms with Crippen molar-refractivity contribution in [3.8, 4) is 6.07 Å². The van der Waals surface area contributed by atoms with E-state index in [2.05, 4.69) is 10.3 Å². The van der Waals surface area contributed by atoms with Gasteiger partial charge in [-0.25, -0.2) is 9.78 Å². The van der Waals surface area contributed by atoms with E-state index in [4.69, 9.17) is 10.4 Å². The second-order valence-electron chi connectivity index (χ2n) is 4.35. The Bertz CT molecular complexity index is 518. The number of carboxylic acid groups (broad SMARTS) is 1. The molecule has 1 unspecified atom stereocenters. The van der Waals surface area contributed by atoms with E-state index in [0.717, 1.165) is 5.56 Å². The Labute approximate surface area is 105 Å². The van der Waals surface area contributed by atoms with E-state index in [1.54, 1.807) is 19.9 Å². The minimum Gasteiger partial charge on any atom is -0.479 e. The van der Waals surface area contributed by atoms with Crippen LogP contribution in [-0.4, -0.2) is 33.3 Å². The lowest BCUT2D eigenvalue weighted by molar-refractivity contribution is -0.155. The largest absolute Gasteiger partial charge is 0.479 e. The number of carbonyl (C=O) groups is 1. The number of aryl methyl sites for hydroxylation is 2. The van der Waals surface area contributed by atoms with Crippen LogP contribution in [0.2, 0.25) is 0 Å². The quantitative estimate of drug-likeness (QED) is 0.729. The summed E-state index contributed by atoms with van der Waals surface area (Å²) in [6.07, 6.45) is 0. The van der Waals surface area contributed by atoms with Crippen molar-refractivity contribution in [3.05, 3.63) is 22.9 Å². The first-order valence-electron chi connectivity index (χ1n) is 5.36. The Morgan fingerprint density at radius 2 is 2.22 bits per heavy atom. The van der Waals surface area contributed by atoms with Gasteiger partial charge in [-0.3, -0.25) is 0 Å². The van der Waals surface area contributed by atoms with Crippen LogP contribution in [0.15, 0.2) is 6.07 Å². The molecule has 6 nitrogen and oxygen atoms in total. The number of aromatic nitrogens is 1. The smallest absolute Gasteiger partial charge is 0.337 e. The molecule has 0 aromatic carbocycles. The van der Waals surface area contributed by atoms with Gasteiger partial charge in [0.2, 0.25) is 0 Å². The van der Waals surface area contributed by atoms with E-state index in [1.165, 1.54) is 6.92 Å². The normalized spacial score (nSPS) is 13.5. The molecule has 0 aliphatic rings. The summed E-state index contributed by atoms with van der Waals surface area (Å²) < 4.78 is 0. The van der Waals surface area contributed by atoms with E-state index < -0.39 is 11.6 Å². The Balaban J connectivity index is 2.99. The molecule has 1 aromatic rings. The summed E-state index contributed by atoms with van der Waals surface area (Å²) in [7, 11) is 0. The van der Waals surface area contributed by atoms with E-state index in [0.29, 0.717) is 11.3 Å². The van der Waals surface area contributed by atoms with Gasteiger partial charge in [-0.15, -0.1) is 0 Å². The number of rotatable bonds is 4. The molecule has 1 rings (SSSR count). The van der Waals surface area contributed by atoms with Crippen molar-refractivity contribution in [2.24, 2.45) is 0 Å². The van der Waals surface area contributed by atoms with Crippen LogP contribution in [0, 0.1) is 25.2 Å². The lowest BCUT2D eigenvalue weighted by Crippen LogP contribution is -2.42. The highest BCUT2D eigenvalue weighted by Crippen LogP contribution is 2.18. The first kappa shape index (κ1) is 13.9. The zero-order chi connectivity index (χ0) is 13.9. The molecule has 0 aliphatic heterocycles. The second kappa shape index (κ2) is 5.02. The molecule has 0 radical (unpaired) electrons. The Kier molecular flexibility index (Phi) is 3.89. The van der Waals surface area contributed by atoms with Crippen molar-refractivity contribution >= 4 is 11.8 Å². The highest BCUT2D eigenvalue weighted by molar-refractivity contribution is 5.77. The molecule has 6 heteroatoms. The van der Waals surface area contributed by atoms with Crippen molar-refractivity contribution in [2.75, 3.05) is 11.9 Å². The number of nitrogens with one attached hydrogen (secondary N) is 1. The monoisotopic (exact) mass is 249 g/mol. The van der Waals surface area contributed by atoms with Crippen molar-refractivity contribution in [1.82, 2.24) is 4.98 Å². The Morgan fingerprint density at radius 1 is 1.61 bits per heavy atom. The van der Waals surface area contributed by atoms with Gasteiger partial charge in [0.25, 0.3) is 0 Å². The summed E-state index contributed by atoms with van der Waals surface area (Å²) in [5, 5.41) is 30.1. The fourth-order valence-electron chi connectivity index (χ4n) is 1.44. The number of hydrogen-bond acceptors (Lipinski definition) is 5. The number of pyridine rings is 1. The molecule has 3 N–H and O–H groups in total. The predicted molar refractivity (Wildman–Crippen MR) is 65.2 cm³/mol. The van der Waals surface area contributed by atoms with Crippen LogP contribution in [0.5, 0.6) is 0 Å². The first-order chi connectivity index (χ1) is 8.27. The van der Waals surface area contributed by atoms with Gasteiger partial charge in [-0.1, -0.05) is 0 Å². The summed E-state index contributed by atoms with van der Waals surface area (Å²) >= 11 is 0. The van der Waals surface area contributed by atoms with Crippen LogP contribution in [0.4, 0.5) is 5.82 Å². The predicted octanol–water partition coefficient (Wildman–Crippen LogP) is 0.818. The maximum absolute atomic E-state index is 10.8. The topological polar surface area (TPSA) is 106 Å². The maximum atomic E-state index is 10.8. The summed E-state index contributed by atoms with van der Waals surface area (Å²) in [6.45, 7) is 4.49. The number of nitrogens with zero attached hydrogens (tertiary/aromatic N) is 2. The van der Waals surface area contributed by atoms with Crippen LogP contribution in [0.25, 0.3) is 0 Å². The van der Waals surface area contributed by atoms with E-state index in [9.17, 15) is 9.90 Å². The van der Waals surface area contributed by atoms with Crippen LogP contribution in [-0.2, 0) is 4.79 Å². The number of nitriles is 1. The van der Waals surface area contributed by atoms with Gasteiger partial charge >= 0.3 is 5.97 Å². The van der Waals surface area contributed by atoms with Crippen LogP contribution in [0.3, 0.4) is 0 Å². The van der Waals surface area contributed by atoms with E-state index in [1.807, 2.05) is 6.07 Å². The Hall–Kier alpha value is -2.13. The third-order valence-electron chi connectivity index (χ3n) is 2.52. The molecule has 0 bridgehead atoms. The highest BCUT2D eigenvalue weighted by Gasteiger charge is 2.30. The lowest BCUT2D eigenvalue weighted by Gasteiger charge is -2.19. The third-order valence-corrected chi connectivity index (χ3v) is 2.52. The summed E-state index contributed by atoms with van der Waals surface area (Å²) in [6, 6.07) is 3.77. The molecule has 0 fully saturated rings. The third kappa shape index (κ3) is 2.96. The second-order valence-corrected chi connectivity index (χ2v) is 4.35. The molecule has 0 amide bonds. The van der Waals surface area contributed by atoms with Gasteiger partial charge in [0.15, 0.2) is 5.60 Å². The molecule has 0 spiro atoms. The van der Waals surface area contributed by atoms with E-state index in [-0.39, 0.29) is 12.4 Å². The fraction of sp³-hybridized carbons (Fsp3) is 0.417. The van der Waals surface area contributed by atoms with Gasteiger partial charge in [0.05, 0.1) is 12.1 Å². The molecule has 1 aromatic heterocycles. The van der Waals surface area contributed by atoms with Gasteiger partial charge in [-0.2, -0.15) is 5.26 Å². The van der Waals surface area contributed by atoms with Crippen LogP contribution in [0.1, 0.15) is 23.7 Å². The molecular weight excluding hydrogens is 234 g/mol. The van der Waals surface area contributed by atoms with Gasteiger partial charge in [0, 0.05) is 5.69 Å². The van der Waals surface area contributed by atoms with Crippen LogP contribution < -0.4 is 5.32 Å². The minimum atomic E-state index is -1.91. The molecule has 0 aliphatic carbocycles. The average Bonchev–Trinajstić information content (AvgIpc) is 2.25. The maximum Gasteiger partial charge on any atom is 0.337 e. The average molecular weight is 249 g/mol. The standard InChI is InChI=1S/C12H15N3O3/c1-7-4-8(2)15-10(9(7)5-13)14-6-12(3,18)11(16)17/h4,18H,6H2,1-3H3,(H,14,15)(H,16,17). The molecular formula is C12H15N3O3. The van der Waals surface area contributed by atoms with Crippen molar-refractivity contribution in [2.45, 2.75) is 26.4 Å². The van der Waals surface area contributed by atoms with Gasteiger partial charge in [0.1, 0.15) is 11.9 Å². The number of carboxylic acids is 1. The molecule has 1 atom stereocenters. The van der Waals surface area contributed by atoms with Crippen molar-refractivity contribution in [3.63, 3.8) is 0 Å². The molecule has 0 saturated carbocycles. The summed E-state index contributed by atoms with van der Waals surface area (Å²) in [5.74, 6) is -1.05. The summed E-state index contributed by atoms with van der Waals surface area (Å²) in [4.78, 5) is 14.9. The molecule has 96 valence electrons. The van der Waals surface area contributed by atoms with Crippen molar-refractivity contribution in [1.29, 1.82) is 5.26 Å². The lowest BCUT2D eigenvalue weighted by atomic mass is 10.1. The van der Waals surface area contributed by atoms with Gasteiger partial charge < -0.3 is 15.5 Å². The van der Waals surface area contributed by atoms with E-state index >= 15 is 0 Å². The molecule has 18 heavy (non-hydrogen) atoms.